The summed E-state index contributed by atoms with van der Waals surface area (Å²) in [4.78, 5) is 34.5. The third-order valence-corrected chi connectivity index (χ3v) is 3.64. The Balaban J connectivity index is 1.72. The lowest BCUT2D eigenvalue weighted by Gasteiger charge is -2.08. The quantitative estimate of drug-likeness (QED) is 0.564. The van der Waals surface area contributed by atoms with E-state index in [9.17, 15) is 14.4 Å². The lowest BCUT2D eigenvalue weighted by molar-refractivity contribution is -0.149. The van der Waals surface area contributed by atoms with Gasteiger partial charge in [-0.05, 0) is 55.5 Å². The highest BCUT2D eigenvalue weighted by Gasteiger charge is 2.09. The first kappa shape index (κ1) is 18.7. The van der Waals surface area contributed by atoms with E-state index in [0.717, 1.165) is 4.47 Å². The van der Waals surface area contributed by atoms with Gasteiger partial charge in [-0.25, -0.2) is 4.79 Å². The Bertz CT molecular complexity index is 756. The molecule has 0 atom stereocenters. The lowest BCUT2D eigenvalue weighted by atomic mass is 10.1. The molecular weight excluding hydrogens is 390 g/mol. The first-order chi connectivity index (χ1) is 11.9. The Morgan fingerprint density at radius 1 is 0.960 bits per heavy atom. The number of carbonyl (C=O) groups excluding carboxylic acids is 3. The van der Waals surface area contributed by atoms with Gasteiger partial charge in [-0.1, -0.05) is 15.9 Å². The number of carbonyl (C=O) groups is 3. The number of benzene rings is 2. The number of anilines is 1. The number of rotatable bonds is 7. The monoisotopic (exact) mass is 405 g/mol. The average molecular weight is 406 g/mol. The molecule has 0 spiro atoms. The Morgan fingerprint density at radius 2 is 1.60 bits per heavy atom. The molecule has 130 valence electrons. The van der Waals surface area contributed by atoms with Gasteiger partial charge in [-0.2, -0.15) is 0 Å². The van der Waals surface area contributed by atoms with Gasteiger partial charge in [0.2, 0.25) is 0 Å². The fourth-order valence-electron chi connectivity index (χ4n) is 1.85. The maximum atomic E-state index is 11.7. The third kappa shape index (κ3) is 6.39. The minimum atomic E-state index is -0.665. The molecule has 25 heavy (non-hydrogen) atoms. The minimum absolute atomic E-state index is 0.0530. The molecule has 0 radical (unpaired) electrons. The summed E-state index contributed by atoms with van der Waals surface area (Å²) in [6.45, 7) is 0.735. The second kappa shape index (κ2) is 8.98. The summed E-state index contributed by atoms with van der Waals surface area (Å²) >= 11 is 3.30. The van der Waals surface area contributed by atoms with E-state index in [-0.39, 0.29) is 12.4 Å². The molecule has 0 saturated heterocycles. The molecule has 0 bridgehead atoms. The molecule has 6 nitrogen and oxygen atoms in total. The molecule has 1 amide bonds. The second-order valence-corrected chi connectivity index (χ2v) is 6.00. The van der Waals surface area contributed by atoms with Gasteiger partial charge in [-0.15, -0.1) is 0 Å². The van der Waals surface area contributed by atoms with E-state index in [0.29, 0.717) is 17.0 Å². The summed E-state index contributed by atoms with van der Waals surface area (Å²) < 4.78 is 11.0. The van der Waals surface area contributed by atoms with Gasteiger partial charge in [0.1, 0.15) is 5.75 Å². The van der Waals surface area contributed by atoms with Crippen molar-refractivity contribution in [2.75, 3.05) is 18.5 Å². The van der Waals surface area contributed by atoms with Crippen LogP contribution in [0.15, 0.2) is 53.0 Å². The van der Waals surface area contributed by atoms with Crippen molar-refractivity contribution in [3.8, 4) is 5.75 Å². The first-order valence-corrected chi connectivity index (χ1v) is 8.18. The summed E-state index contributed by atoms with van der Waals surface area (Å²) in [6, 6.07) is 13.4. The van der Waals surface area contributed by atoms with Gasteiger partial charge < -0.3 is 14.8 Å². The summed E-state index contributed by atoms with van der Waals surface area (Å²) in [5, 5.41) is 2.61. The van der Waals surface area contributed by atoms with Crippen LogP contribution >= 0.6 is 15.9 Å². The van der Waals surface area contributed by atoms with E-state index in [2.05, 4.69) is 21.2 Å². The van der Waals surface area contributed by atoms with Crippen LogP contribution in [0.3, 0.4) is 0 Å². The number of esters is 1. The first-order valence-electron chi connectivity index (χ1n) is 7.39. The van der Waals surface area contributed by atoms with E-state index in [1.54, 1.807) is 48.5 Å². The van der Waals surface area contributed by atoms with Crippen molar-refractivity contribution >= 4 is 39.3 Å². The highest BCUT2D eigenvalue weighted by molar-refractivity contribution is 9.10. The van der Waals surface area contributed by atoms with Crippen LogP contribution in [0.4, 0.5) is 5.69 Å². The van der Waals surface area contributed by atoms with E-state index in [4.69, 9.17) is 9.47 Å². The van der Waals surface area contributed by atoms with Gasteiger partial charge in [0.05, 0.1) is 0 Å². The standard InChI is InChI=1S/C18H16BrNO5/c1-12(21)13-2-8-16(9-3-13)24-11-18(23)25-10-17(22)20-15-6-4-14(19)5-7-15/h2-9H,10-11H2,1H3,(H,20,22). The Morgan fingerprint density at radius 3 is 2.20 bits per heavy atom. The molecule has 0 saturated carbocycles. The molecule has 2 aromatic rings. The van der Waals surface area contributed by atoms with Gasteiger partial charge in [0.15, 0.2) is 19.0 Å². The Labute approximate surface area is 153 Å². The highest BCUT2D eigenvalue weighted by atomic mass is 79.9. The van der Waals surface area contributed by atoms with Gasteiger partial charge >= 0.3 is 5.97 Å². The van der Waals surface area contributed by atoms with Crippen LogP contribution in [0.5, 0.6) is 5.75 Å². The topological polar surface area (TPSA) is 81.7 Å². The average Bonchev–Trinajstić information content (AvgIpc) is 2.60. The molecule has 1 N–H and O–H groups in total. The third-order valence-electron chi connectivity index (χ3n) is 3.11. The molecule has 0 unspecified atom stereocenters. The van der Waals surface area contributed by atoms with E-state index < -0.39 is 18.5 Å². The van der Waals surface area contributed by atoms with E-state index >= 15 is 0 Å². The molecule has 2 rings (SSSR count). The largest absolute Gasteiger partial charge is 0.482 e. The van der Waals surface area contributed by atoms with Crippen LogP contribution in [0, 0.1) is 0 Å². The minimum Gasteiger partial charge on any atom is -0.482 e. The van der Waals surface area contributed by atoms with Crippen molar-refractivity contribution in [1.82, 2.24) is 0 Å². The summed E-state index contributed by atoms with van der Waals surface area (Å²) in [5.74, 6) is -0.730. The van der Waals surface area contributed by atoms with Crippen LogP contribution in [-0.2, 0) is 14.3 Å². The zero-order valence-corrected chi connectivity index (χ0v) is 15.0. The number of ketones is 1. The SMILES string of the molecule is CC(=O)c1ccc(OCC(=O)OCC(=O)Nc2ccc(Br)cc2)cc1. The molecule has 0 aromatic heterocycles. The smallest absolute Gasteiger partial charge is 0.344 e. The molecule has 7 heteroatoms. The van der Waals surface area contributed by atoms with Crippen molar-refractivity contribution in [1.29, 1.82) is 0 Å². The molecule has 0 aliphatic carbocycles. The van der Waals surface area contributed by atoms with Crippen molar-refractivity contribution in [2.24, 2.45) is 0 Å². The fourth-order valence-corrected chi connectivity index (χ4v) is 2.11. The van der Waals surface area contributed by atoms with E-state index in [1.165, 1.54) is 6.92 Å². The zero-order chi connectivity index (χ0) is 18.2. The highest BCUT2D eigenvalue weighted by Crippen LogP contribution is 2.14. The number of ether oxygens (including phenoxy) is 2. The van der Waals surface area contributed by atoms with Crippen LogP contribution in [0.25, 0.3) is 0 Å². The number of hydrogen-bond donors (Lipinski definition) is 1. The van der Waals surface area contributed by atoms with E-state index in [1.807, 2.05) is 0 Å². The van der Waals surface area contributed by atoms with Crippen LogP contribution in [-0.4, -0.2) is 30.9 Å². The zero-order valence-electron chi connectivity index (χ0n) is 13.5. The van der Waals surface area contributed by atoms with Crippen LogP contribution in [0.2, 0.25) is 0 Å². The predicted molar refractivity (Wildman–Crippen MR) is 95.7 cm³/mol. The second-order valence-electron chi connectivity index (χ2n) is 5.08. The molecule has 2 aromatic carbocycles. The van der Waals surface area contributed by atoms with Crippen molar-refractivity contribution in [3.05, 3.63) is 58.6 Å². The number of amides is 1. The molecular formula is C18H16BrNO5. The number of halogens is 1. The summed E-state index contributed by atoms with van der Waals surface area (Å²) in [7, 11) is 0. The molecule has 0 heterocycles. The molecule has 0 aliphatic heterocycles. The Kier molecular flexibility index (Phi) is 6.71. The lowest BCUT2D eigenvalue weighted by Crippen LogP contribution is -2.23. The van der Waals surface area contributed by atoms with Gasteiger partial charge in [0.25, 0.3) is 5.91 Å². The fraction of sp³-hybridized carbons (Fsp3) is 0.167. The number of nitrogens with one attached hydrogen (secondary N) is 1. The van der Waals surface area contributed by atoms with Gasteiger partial charge in [-0.3, -0.25) is 9.59 Å². The summed E-state index contributed by atoms with van der Waals surface area (Å²) in [6.07, 6.45) is 0. The number of hydrogen-bond acceptors (Lipinski definition) is 5. The maximum absolute atomic E-state index is 11.7. The van der Waals surface area contributed by atoms with Crippen LogP contribution in [0.1, 0.15) is 17.3 Å². The van der Waals surface area contributed by atoms with Crippen molar-refractivity contribution < 1.29 is 23.9 Å². The summed E-state index contributed by atoms with van der Waals surface area (Å²) in [5.41, 5.74) is 1.16. The number of Topliss-reactive ketones (excluding diaryl/α,β-unsaturated/α-hetero) is 1. The normalized spacial score (nSPS) is 10.0. The van der Waals surface area contributed by atoms with Crippen LogP contribution < -0.4 is 10.1 Å². The van der Waals surface area contributed by atoms with Crippen molar-refractivity contribution in [3.63, 3.8) is 0 Å². The van der Waals surface area contributed by atoms with Crippen molar-refractivity contribution in [2.45, 2.75) is 6.92 Å². The predicted octanol–water partition coefficient (Wildman–Crippen LogP) is 3.21. The van der Waals surface area contributed by atoms with Gasteiger partial charge in [0, 0.05) is 15.7 Å². The Hall–Kier alpha value is -2.67. The molecule has 0 aliphatic rings. The maximum Gasteiger partial charge on any atom is 0.344 e. The molecule has 0 fully saturated rings.